The minimum Gasteiger partial charge on any atom is -0.311 e. The van der Waals surface area contributed by atoms with Crippen molar-refractivity contribution in [1.29, 1.82) is 0 Å². The Morgan fingerprint density at radius 3 is 2.95 bits per heavy atom. The van der Waals surface area contributed by atoms with Crippen molar-refractivity contribution in [3.63, 3.8) is 0 Å². The van der Waals surface area contributed by atoms with E-state index in [4.69, 9.17) is 0 Å². The molecule has 0 fully saturated rings. The van der Waals surface area contributed by atoms with Gasteiger partial charge in [-0.2, -0.15) is 0 Å². The summed E-state index contributed by atoms with van der Waals surface area (Å²) in [6, 6.07) is 10.5. The van der Waals surface area contributed by atoms with Crippen LogP contribution in [0.2, 0.25) is 0 Å². The van der Waals surface area contributed by atoms with E-state index in [-0.39, 0.29) is 0 Å². The molecule has 19 heavy (non-hydrogen) atoms. The number of aromatic nitrogens is 2. The lowest BCUT2D eigenvalue weighted by molar-refractivity contribution is 0.704. The molecule has 0 aliphatic rings. The maximum Gasteiger partial charge on any atom is 0.138 e. The van der Waals surface area contributed by atoms with Gasteiger partial charge in [-0.25, -0.2) is 9.97 Å². The Morgan fingerprint density at radius 2 is 2.16 bits per heavy atom. The van der Waals surface area contributed by atoms with Gasteiger partial charge < -0.3 is 5.32 Å². The molecule has 0 unspecified atom stereocenters. The molecule has 100 valence electrons. The van der Waals surface area contributed by atoms with E-state index in [0.29, 0.717) is 0 Å². The first-order valence-corrected chi connectivity index (χ1v) is 7.47. The molecule has 0 saturated carbocycles. The third-order valence-corrected chi connectivity index (χ3v) is 3.67. The smallest absolute Gasteiger partial charge is 0.138 e. The van der Waals surface area contributed by atoms with E-state index in [1.807, 2.05) is 12.3 Å². The first-order chi connectivity index (χ1) is 9.28. The fourth-order valence-electron chi connectivity index (χ4n) is 1.72. The summed E-state index contributed by atoms with van der Waals surface area (Å²) < 4.78 is 0. The van der Waals surface area contributed by atoms with Crippen molar-refractivity contribution >= 4 is 11.8 Å². The number of nitrogens with one attached hydrogen (secondary N) is 1. The molecule has 1 heterocycles. The normalized spacial score (nSPS) is 10.6. The average Bonchev–Trinajstić information content (AvgIpc) is 2.43. The maximum absolute atomic E-state index is 4.55. The molecular formula is C15H19N3S. The van der Waals surface area contributed by atoms with Gasteiger partial charge in [-0.05, 0) is 31.7 Å². The topological polar surface area (TPSA) is 37.8 Å². The zero-order valence-electron chi connectivity index (χ0n) is 11.4. The number of benzene rings is 1. The SMILES string of the molecule is CCNCc1ccnc(CSc2cccc(C)c2)n1. The van der Waals surface area contributed by atoms with Gasteiger partial charge in [0.15, 0.2) is 0 Å². The van der Waals surface area contributed by atoms with Gasteiger partial charge in [-0.3, -0.25) is 0 Å². The molecule has 1 N–H and O–H groups in total. The van der Waals surface area contributed by atoms with E-state index in [0.717, 1.165) is 30.4 Å². The van der Waals surface area contributed by atoms with Gasteiger partial charge in [0.2, 0.25) is 0 Å². The molecule has 1 aromatic heterocycles. The first kappa shape index (κ1) is 14.0. The van der Waals surface area contributed by atoms with Crippen molar-refractivity contribution in [3.8, 4) is 0 Å². The van der Waals surface area contributed by atoms with Crippen LogP contribution >= 0.6 is 11.8 Å². The van der Waals surface area contributed by atoms with Crippen molar-refractivity contribution in [3.05, 3.63) is 53.6 Å². The number of nitrogens with zero attached hydrogens (tertiary/aromatic N) is 2. The van der Waals surface area contributed by atoms with Gasteiger partial charge in [0.25, 0.3) is 0 Å². The van der Waals surface area contributed by atoms with E-state index in [9.17, 15) is 0 Å². The summed E-state index contributed by atoms with van der Waals surface area (Å²) in [5.41, 5.74) is 2.34. The lowest BCUT2D eigenvalue weighted by atomic mass is 10.2. The van der Waals surface area contributed by atoms with E-state index in [2.05, 4.69) is 53.4 Å². The van der Waals surface area contributed by atoms with E-state index >= 15 is 0 Å². The molecule has 0 spiro atoms. The lowest BCUT2D eigenvalue weighted by Gasteiger charge is -2.05. The summed E-state index contributed by atoms with van der Waals surface area (Å²) in [6.45, 7) is 5.96. The summed E-state index contributed by atoms with van der Waals surface area (Å²) in [5.74, 6) is 1.70. The molecular weight excluding hydrogens is 254 g/mol. The van der Waals surface area contributed by atoms with Gasteiger partial charge in [0.05, 0.1) is 11.4 Å². The summed E-state index contributed by atoms with van der Waals surface area (Å²) >= 11 is 1.77. The van der Waals surface area contributed by atoms with Crippen LogP contribution in [0, 0.1) is 6.92 Å². The molecule has 0 aliphatic carbocycles. The van der Waals surface area contributed by atoms with Crippen LogP contribution in [0.1, 0.15) is 24.0 Å². The second-order valence-corrected chi connectivity index (χ2v) is 5.40. The number of rotatable bonds is 6. The Bertz CT molecular complexity index is 528. The minimum absolute atomic E-state index is 0.807. The molecule has 0 radical (unpaired) electrons. The fourth-order valence-corrected chi connectivity index (χ4v) is 2.59. The largest absolute Gasteiger partial charge is 0.311 e. The molecule has 4 heteroatoms. The summed E-state index contributed by atoms with van der Waals surface area (Å²) in [5, 5.41) is 3.28. The number of hydrogen-bond donors (Lipinski definition) is 1. The molecule has 0 saturated heterocycles. The van der Waals surface area contributed by atoms with Crippen LogP contribution in [0.25, 0.3) is 0 Å². The highest BCUT2D eigenvalue weighted by atomic mass is 32.2. The first-order valence-electron chi connectivity index (χ1n) is 6.49. The van der Waals surface area contributed by atoms with Crippen molar-refractivity contribution in [2.45, 2.75) is 31.0 Å². The molecule has 1 aromatic carbocycles. The zero-order valence-corrected chi connectivity index (χ0v) is 12.2. The van der Waals surface area contributed by atoms with Crippen LogP contribution in [0.3, 0.4) is 0 Å². The second kappa shape index (κ2) is 7.26. The van der Waals surface area contributed by atoms with Crippen molar-refractivity contribution < 1.29 is 0 Å². The predicted molar refractivity (Wildman–Crippen MR) is 80.2 cm³/mol. The van der Waals surface area contributed by atoms with Crippen LogP contribution in [-0.2, 0) is 12.3 Å². The second-order valence-electron chi connectivity index (χ2n) is 4.35. The minimum atomic E-state index is 0.807. The van der Waals surface area contributed by atoms with E-state index in [1.165, 1.54) is 10.5 Å². The summed E-state index contributed by atoms with van der Waals surface area (Å²) in [7, 11) is 0. The highest BCUT2D eigenvalue weighted by molar-refractivity contribution is 7.98. The fraction of sp³-hybridized carbons (Fsp3) is 0.333. The van der Waals surface area contributed by atoms with Crippen molar-refractivity contribution in [1.82, 2.24) is 15.3 Å². The Hall–Kier alpha value is -1.39. The predicted octanol–water partition coefficient (Wildman–Crippen LogP) is 3.19. The number of thioether (sulfide) groups is 1. The van der Waals surface area contributed by atoms with Crippen LogP contribution in [0.15, 0.2) is 41.4 Å². The van der Waals surface area contributed by atoms with Crippen molar-refractivity contribution in [2.75, 3.05) is 6.54 Å². The Labute approximate surface area is 118 Å². The molecule has 3 nitrogen and oxygen atoms in total. The third kappa shape index (κ3) is 4.65. The average molecular weight is 273 g/mol. The quantitative estimate of drug-likeness (QED) is 0.820. The van der Waals surface area contributed by atoms with Gasteiger partial charge in [-0.1, -0.05) is 24.6 Å². The van der Waals surface area contributed by atoms with Gasteiger partial charge in [-0.15, -0.1) is 11.8 Å². The summed E-state index contributed by atoms with van der Waals surface area (Å²) in [4.78, 5) is 10.1. The maximum atomic E-state index is 4.55. The van der Waals surface area contributed by atoms with Gasteiger partial charge >= 0.3 is 0 Å². The van der Waals surface area contributed by atoms with E-state index < -0.39 is 0 Å². The molecule has 0 bridgehead atoms. The van der Waals surface area contributed by atoms with Gasteiger partial charge in [0, 0.05) is 17.6 Å². The van der Waals surface area contributed by atoms with Crippen LogP contribution in [0.5, 0.6) is 0 Å². The molecule has 0 aliphatic heterocycles. The molecule has 0 atom stereocenters. The van der Waals surface area contributed by atoms with Crippen molar-refractivity contribution in [2.24, 2.45) is 0 Å². The monoisotopic (exact) mass is 273 g/mol. The van der Waals surface area contributed by atoms with E-state index in [1.54, 1.807) is 11.8 Å². The third-order valence-electron chi connectivity index (χ3n) is 2.68. The van der Waals surface area contributed by atoms with Gasteiger partial charge in [0.1, 0.15) is 5.82 Å². The Balaban J connectivity index is 1.95. The lowest BCUT2D eigenvalue weighted by Crippen LogP contribution is -2.13. The molecule has 0 amide bonds. The van der Waals surface area contributed by atoms with Crippen LogP contribution in [0.4, 0.5) is 0 Å². The highest BCUT2D eigenvalue weighted by Crippen LogP contribution is 2.21. The number of aryl methyl sites for hydroxylation is 1. The zero-order chi connectivity index (χ0) is 13.5. The summed E-state index contributed by atoms with van der Waals surface area (Å²) in [6.07, 6.45) is 1.84. The standard InChI is InChI=1S/C15H19N3S/c1-3-16-10-13-7-8-17-15(18-13)11-19-14-6-4-5-12(2)9-14/h4-9,16H,3,10-11H2,1-2H3. The van der Waals surface area contributed by atoms with Crippen LogP contribution in [-0.4, -0.2) is 16.5 Å². The number of hydrogen-bond acceptors (Lipinski definition) is 4. The van der Waals surface area contributed by atoms with Crippen LogP contribution < -0.4 is 5.32 Å². The Kier molecular flexibility index (Phi) is 5.36. The Morgan fingerprint density at radius 1 is 1.26 bits per heavy atom. The highest BCUT2D eigenvalue weighted by Gasteiger charge is 2.01. The molecule has 2 aromatic rings. The molecule has 2 rings (SSSR count).